The highest BCUT2D eigenvalue weighted by Gasteiger charge is 2.47. The summed E-state index contributed by atoms with van der Waals surface area (Å²) in [6.07, 6.45) is 4.31. The molecule has 0 spiro atoms. The lowest BCUT2D eigenvalue weighted by atomic mass is 10.1. The van der Waals surface area contributed by atoms with Crippen LogP contribution in [0.1, 0.15) is 29.9 Å². The van der Waals surface area contributed by atoms with Gasteiger partial charge in [0.1, 0.15) is 0 Å². The van der Waals surface area contributed by atoms with Crippen molar-refractivity contribution in [3.63, 3.8) is 0 Å². The average Bonchev–Trinajstić information content (AvgIpc) is 3.42. The standard InChI is InChI=1S/C19H20F2N2O2/c20-17-4-1-3-14(18(17)21)15-11-16(15)19(25)23(9-2-10-24)12-13-5-7-22-8-6-13/h1,3-8,15-16,24H,2,9-12H2/t15-,16-/m1/s1. The van der Waals surface area contributed by atoms with E-state index in [9.17, 15) is 13.6 Å². The highest BCUT2D eigenvalue weighted by Crippen LogP contribution is 2.49. The molecule has 1 aromatic carbocycles. The van der Waals surface area contributed by atoms with Gasteiger partial charge in [-0.05, 0) is 48.1 Å². The summed E-state index contributed by atoms with van der Waals surface area (Å²) in [5.41, 5.74) is 1.21. The smallest absolute Gasteiger partial charge is 0.226 e. The first-order valence-corrected chi connectivity index (χ1v) is 8.34. The maximum absolute atomic E-state index is 13.9. The van der Waals surface area contributed by atoms with Gasteiger partial charge in [-0.1, -0.05) is 12.1 Å². The number of aliphatic hydroxyl groups is 1. The third kappa shape index (κ3) is 4.02. The zero-order chi connectivity index (χ0) is 17.8. The van der Waals surface area contributed by atoms with Crippen LogP contribution in [0.15, 0.2) is 42.7 Å². The number of carbonyl (C=O) groups excluding carboxylic acids is 1. The second kappa shape index (κ2) is 7.70. The molecule has 0 bridgehead atoms. The zero-order valence-corrected chi connectivity index (χ0v) is 13.7. The lowest BCUT2D eigenvalue weighted by Crippen LogP contribution is -2.33. The van der Waals surface area contributed by atoms with Crippen molar-refractivity contribution < 1.29 is 18.7 Å². The van der Waals surface area contributed by atoms with Crippen LogP contribution in [0.3, 0.4) is 0 Å². The van der Waals surface area contributed by atoms with Crippen LogP contribution in [-0.2, 0) is 11.3 Å². The molecule has 1 N–H and O–H groups in total. The molecule has 0 aliphatic heterocycles. The van der Waals surface area contributed by atoms with E-state index < -0.39 is 11.6 Å². The van der Waals surface area contributed by atoms with Crippen molar-refractivity contribution >= 4 is 5.91 Å². The third-order valence-electron chi connectivity index (χ3n) is 4.51. The largest absolute Gasteiger partial charge is 0.396 e. The molecular formula is C19H20F2N2O2. The molecule has 1 saturated carbocycles. The molecule has 25 heavy (non-hydrogen) atoms. The molecule has 0 unspecified atom stereocenters. The van der Waals surface area contributed by atoms with Gasteiger partial charge in [0.25, 0.3) is 0 Å². The Morgan fingerprint density at radius 3 is 2.72 bits per heavy atom. The van der Waals surface area contributed by atoms with Gasteiger partial charge in [-0.15, -0.1) is 0 Å². The number of rotatable bonds is 7. The van der Waals surface area contributed by atoms with Crippen molar-refractivity contribution in [3.8, 4) is 0 Å². The monoisotopic (exact) mass is 346 g/mol. The first kappa shape index (κ1) is 17.5. The van der Waals surface area contributed by atoms with Crippen molar-refractivity contribution in [3.05, 3.63) is 65.5 Å². The number of aromatic nitrogens is 1. The lowest BCUT2D eigenvalue weighted by Gasteiger charge is -2.23. The third-order valence-corrected chi connectivity index (χ3v) is 4.51. The first-order chi connectivity index (χ1) is 12.1. The number of benzene rings is 1. The summed E-state index contributed by atoms with van der Waals surface area (Å²) in [7, 11) is 0. The SMILES string of the molecule is O=C([C@@H]1C[C@@H]1c1cccc(F)c1F)N(CCCO)Cc1ccncc1. The van der Waals surface area contributed by atoms with E-state index in [-0.39, 0.29) is 29.9 Å². The minimum atomic E-state index is -0.885. The summed E-state index contributed by atoms with van der Waals surface area (Å²) in [4.78, 5) is 18.4. The van der Waals surface area contributed by atoms with Crippen LogP contribution in [-0.4, -0.2) is 34.0 Å². The van der Waals surface area contributed by atoms with Crippen LogP contribution >= 0.6 is 0 Å². The molecule has 1 aliphatic carbocycles. The normalized spacial score (nSPS) is 18.8. The Balaban J connectivity index is 1.71. The molecule has 1 fully saturated rings. The predicted molar refractivity (Wildman–Crippen MR) is 88.6 cm³/mol. The molecule has 1 heterocycles. The summed E-state index contributed by atoms with van der Waals surface area (Å²) < 4.78 is 27.3. The first-order valence-electron chi connectivity index (χ1n) is 8.34. The number of aliphatic hydroxyl groups excluding tert-OH is 1. The van der Waals surface area contributed by atoms with Gasteiger partial charge in [0, 0.05) is 38.0 Å². The topological polar surface area (TPSA) is 53.4 Å². The van der Waals surface area contributed by atoms with Gasteiger partial charge in [-0.3, -0.25) is 9.78 Å². The van der Waals surface area contributed by atoms with Crippen molar-refractivity contribution in [2.45, 2.75) is 25.3 Å². The molecule has 0 saturated heterocycles. The number of halogens is 2. The number of pyridine rings is 1. The molecule has 2 aromatic rings. The van der Waals surface area contributed by atoms with E-state index in [2.05, 4.69) is 4.98 Å². The summed E-state index contributed by atoms with van der Waals surface area (Å²) in [6, 6.07) is 7.74. The molecule has 1 amide bonds. The van der Waals surface area contributed by atoms with Crippen molar-refractivity contribution in [2.75, 3.05) is 13.2 Å². The lowest BCUT2D eigenvalue weighted by molar-refractivity contribution is -0.133. The predicted octanol–water partition coefficient (Wildman–Crippen LogP) is 2.87. The molecule has 4 nitrogen and oxygen atoms in total. The van der Waals surface area contributed by atoms with Gasteiger partial charge in [-0.25, -0.2) is 8.78 Å². The van der Waals surface area contributed by atoms with Crippen LogP contribution in [0.5, 0.6) is 0 Å². The van der Waals surface area contributed by atoms with Crippen LogP contribution in [0.4, 0.5) is 8.78 Å². The maximum atomic E-state index is 13.9. The number of hydrogen-bond donors (Lipinski definition) is 1. The van der Waals surface area contributed by atoms with E-state index in [1.54, 1.807) is 17.3 Å². The summed E-state index contributed by atoms with van der Waals surface area (Å²) in [6.45, 7) is 0.829. The van der Waals surface area contributed by atoms with E-state index >= 15 is 0 Å². The maximum Gasteiger partial charge on any atom is 0.226 e. The molecule has 1 aliphatic rings. The zero-order valence-electron chi connectivity index (χ0n) is 13.7. The van der Waals surface area contributed by atoms with E-state index in [4.69, 9.17) is 5.11 Å². The number of nitrogens with zero attached hydrogens (tertiary/aromatic N) is 2. The van der Waals surface area contributed by atoms with Crippen molar-refractivity contribution in [2.24, 2.45) is 5.92 Å². The molecule has 1 aromatic heterocycles. The van der Waals surface area contributed by atoms with Gasteiger partial charge in [0.15, 0.2) is 11.6 Å². The summed E-state index contributed by atoms with van der Waals surface area (Å²) in [5.74, 6) is -2.45. The minimum Gasteiger partial charge on any atom is -0.396 e. The quantitative estimate of drug-likeness (QED) is 0.839. The Morgan fingerprint density at radius 1 is 1.24 bits per heavy atom. The Kier molecular flexibility index (Phi) is 5.38. The van der Waals surface area contributed by atoms with Crippen molar-refractivity contribution in [1.82, 2.24) is 9.88 Å². The van der Waals surface area contributed by atoms with Gasteiger partial charge < -0.3 is 10.0 Å². The van der Waals surface area contributed by atoms with Crippen LogP contribution in [0.25, 0.3) is 0 Å². The average molecular weight is 346 g/mol. The van der Waals surface area contributed by atoms with Crippen LogP contribution < -0.4 is 0 Å². The molecule has 0 radical (unpaired) electrons. The molecule has 2 atom stereocenters. The van der Waals surface area contributed by atoms with E-state index in [1.807, 2.05) is 12.1 Å². The van der Waals surface area contributed by atoms with Gasteiger partial charge in [-0.2, -0.15) is 0 Å². The van der Waals surface area contributed by atoms with E-state index in [1.165, 1.54) is 12.1 Å². The fourth-order valence-corrected chi connectivity index (χ4v) is 3.09. The fraction of sp³-hybridized carbons (Fsp3) is 0.368. The van der Waals surface area contributed by atoms with Gasteiger partial charge in [0.05, 0.1) is 0 Å². The highest BCUT2D eigenvalue weighted by molar-refractivity contribution is 5.83. The summed E-state index contributed by atoms with van der Waals surface area (Å²) in [5, 5.41) is 9.07. The van der Waals surface area contributed by atoms with E-state index in [0.29, 0.717) is 25.9 Å². The Labute approximate surface area is 145 Å². The van der Waals surface area contributed by atoms with Gasteiger partial charge in [0.2, 0.25) is 5.91 Å². The van der Waals surface area contributed by atoms with Crippen LogP contribution in [0.2, 0.25) is 0 Å². The Bertz CT molecular complexity index is 739. The second-order valence-corrected chi connectivity index (χ2v) is 6.28. The Morgan fingerprint density at radius 2 is 2.00 bits per heavy atom. The molecule has 6 heteroatoms. The minimum absolute atomic E-state index is 0.00720. The molecule has 3 rings (SSSR count). The number of carbonyl (C=O) groups is 1. The highest BCUT2D eigenvalue weighted by atomic mass is 19.2. The summed E-state index contributed by atoms with van der Waals surface area (Å²) >= 11 is 0. The molecule has 132 valence electrons. The van der Waals surface area contributed by atoms with Crippen molar-refractivity contribution in [1.29, 1.82) is 0 Å². The van der Waals surface area contributed by atoms with Crippen LogP contribution in [0, 0.1) is 17.6 Å². The Hall–Kier alpha value is -2.34. The molecular weight excluding hydrogens is 326 g/mol. The van der Waals surface area contributed by atoms with E-state index in [0.717, 1.165) is 11.6 Å². The van der Waals surface area contributed by atoms with Gasteiger partial charge >= 0.3 is 0 Å². The number of amides is 1. The fourth-order valence-electron chi connectivity index (χ4n) is 3.09. The number of hydrogen-bond acceptors (Lipinski definition) is 3. The second-order valence-electron chi connectivity index (χ2n) is 6.28.